The highest BCUT2D eigenvalue weighted by Gasteiger charge is 2.38. The van der Waals surface area contributed by atoms with Crippen LogP contribution in [0.15, 0.2) is 18.2 Å². The molecule has 21 heavy (non-hydrogen) atoms. The molecule has 1 unspecified atom stereocenters. The summed E-state index contributed by atoms with van der Waals surface area (Å²) in [6.45, 7) is 0. The van der Waals surface area contributed by atoms with Crippen molar-refractivity contribution in [1.82, 2.24) is 14.9 Å². The first-order valence-electron chi connectivity index (χ1n) is 8.21. The van der Waals surface area contributed by atoms with Crippen LogP contribution in [0, 0.1) is 5.82 Å². The number of piperidine rings is 1. The monoisotopic (exact) mass is 285 g/mol. The second-order valence-electron chi connectivity index (χ2n) is 7.01. The van der Waals surface area contributed by atoms with E-state index in [0.29, 0.717) is 24.0 Å². The summed E-state index contributed by atoms with van der Waals surface area (Å²) >= 11 is 0. The van der Waals surface area contributed by atoms with Crippen LogP contribution in [0.4, 0.5) is 4.39 Å². The molecule has 1 aromatic heterocycles. The SMILES string of the molecule is Fc1ccc2c(c1)nc(C1CC1)n2C1C[C@H]2CC[C@@H](C1)N2. The van der Waals surface area contributed by atoms with E-state index in [1.807, 2.05) is 6.07 Å². The van der Waals surface area contributed by atoms with E-state index in [2.05, 4.69) is 9.88 Å². The Hall–Kier alpha value is -1.42. The number of rotatable bonds is 2. The normalized spacial score (nSPS) is 32.0. The predicted molar refractivity (Wildman–Crippen MR) is 79.9 cm³/mol. The van der Waals surface area contributed by atoms with Gasteiger partial charge in [-0.1, -0.05) is 0 Å². The molecule has 2 aromatic rings. The molecule has 4 heteroatoms. The predicted octanol–water partition coefficient (Wildman–Crippen LogP) is 3.51. The summed E-state index contributed by atoms with van der Waals surface area (Å²) in [6, 6.07) is 6.96. The van der Waals surface area contributed by atoms with Crippen LogP contribution >= 0.6 is 0 Å². The van der Waals surface area contributed by atoms with Crippen LogP contribution in [0.1, 0.15) is 56.3 Å². The molecular formula is C17H20FN3. The van der Waals surface area contributed by atoms with Gasteiger partial charge in [-0.3, -0.25) is 0 Å². The number of hydrogen-bond donors (Lipinski definition) is 1. The standard InChI is InChI=1S/C17H20FN3/c18-11-3-6-16-15(7-11)20-17(10-1-2-10)21(16)14-8-12-4-5-13(9-14)19-12/h3,6-7,10,12-14,19H,1-2,4-5,8-9H2/t12-,13+,14?. The van der Waals surface area contributed by atoms with Gasteiger partial charge in [0.05, 0.1) is 11.0 Å². The zero-order valence-electron chi connectivity index (χ0n) is 12.1. The number of halogens is 1. The van der Waals surface area contributed by atoms with Gasteiger partial charge >= 0.3 is 0 Å². The van der Waals surface area contributed by atoms with Gasteiger partial charge in [-0.25, -0.2) is 9.37 Å². The van der Waals surface area contributed by atoms with E-state index >= 15 is 0 Å². The lowest BCUT2D eigenvalue weighted by Crippen LogP contribution is -2.39. The van der Waals surface area contributed by atoms with Crippen molar-refractivity contribution in [2.45, 2.75) is 62.6 Å². The molecule has 3 fully saturated rings. The van der Waals surface area contributed by atoms with E-state index in [4.69, 9.17) is 4.98 Å². The maximum atomic E-state index is 13.5. The van der Waals surface area contributed by atoms with Crippen molar-refractivity contribution in [3.63, 3.8) is 0 Å². The number of nitrogens with one attached hydrogen (secondary N) is 1. The third-order valence-corrected chi connectivity index (χ3v) is 5.43. The number of benzene rings is 1. The number of nitrogens with zero attached hydrogens (tertiary/aromatic N) is 2. The lowest BCUT2D eigenvalue weighted by Gasteiger charge is -2.31. The molecule has 0 spiro atoms. The van der Waals surface area contributed by atoms with Crippen molar-refractivity contribution >= 4 is 11.0 Å². The molecule has 1 aromatic carbocycles. The number of aromatic nitrogens is 2. The molecule has 3 heterocycles. The first kappa shape index (κ1) is 12.2. The van der Waals surface area contributed by atoms with Gasteiger partial charge in [0.15, 0.2) is 0 Å². The molecule has 2 saturated heterocycles. The van der Waals surface area contributed by atoms with E-state index in [9.17, 15) is 4.39 Å². The van der Waals surface area contributed by atoms with E-state index in [1.165, 1.54) is 44.3 Å². The number of hydrogen-bond acceptors (Lipinski definition) is 2. The molecular weight excluding hydrogens is 265 g/mol. The van der Waals surface area contributed by atoms with Gasteiger partial charge in [-0.2, -0.15) is 0 Å². The Balaban J connectivity index is 1.64. The Morgan fingerprint density at radius 2 is 1.86 bits per heavy atom. The van der Waals surface area contributed by atoms with Gasteiger partial charge in [-0.15, -0.1) is 0 Å². The highest BCUT2D eigenvalue weighted by molar-refractivity contribution is 5.76. The summed E-state index contributed by atoms with van der Waals surface area (Å²) < 4.78 is 16.0. The number of fused-ring (bicyclic) bond motifs is 3. The molecule has 3 nitrogen and oxygen atoms in total. The van der Waals surface area contributed by atoms with E-state index in [1.54, 1.807) is 12.1 Å². The zero-order chi connectivity index (χ0) is 14.0. The van der Waals surface area contributed by atoms with Crippen molar-refractivity contribution in [1.29, 1.82) is 0 Å². The van der Waals surface area contributed by atoms with Gasteiger partial charge in [0.25, 0.3) is 0 Å². The lowest BCUT2D eigenvalue weighted by atomic mass is 9.99. The molecule has 2 bridgehead atoms. The van der Waals surface area contributed by atoms with Crippen LogP contribution in [-0.2, 0) is 0 Å². The summed E-state index contributed by atoms with van der Waals surface area (Å²) in [4.78, 5) is 4.78. The highest BCUT2D eigenvalue weighted by atomic mass is 19.1. The van der Waals surface area contributed by atoms with Crippen molar-refractivity contribution in [2.75, 3.05) is 0 Å². The molecule has 5 rings (SSSR count). The van der Waals surface area contributed by atoms with Gasteiger partial charge in [0.1, 0.15) is 11.6 Å². The largest absolute Gasteiger partial charge is 0.325 e. The minimum Gasteiger partial charge on any atom is -0.325 e. The third-order valence-electron chi connectivity index (χ3n) is 5.43. The Bertz CT molecular complexity index is 691. The Labute approximate surface area is 123 Å². The van der Waals surface area contributed by atoms with Crippen LogP contribution in [0.25, 0.3) is 11.0 Å². The number of imidazole rings is 1. The maximum Gasteiger partial charge on any atom is 0.125 e. The van der Waals surface area contributed by atoms with Crippen LogP contribution in [0.3, 0.4) is 0 Å². The van der Waals surface area contributed by atoms with Gasteiger partial charge in [-0.05, 0) is 50.7 Å². The minimum absolute atomic E-state index is 0.181. The molecule has 1 N–H and O–H groups in total. The van der Waals surface area contributed by atoms with Crippen LogP contribution in [-0.4, -0.2) is 21.6 Å². The fourth-order valence-electron chi connectivity index (χ4n) is 4.34. The molecule has 2 aliphatic heterocycles. The third kappa shape index (κ3) is 1.92. The molecule has 0 amide bonds. The molecule has 3 atom stereocenters. The van der Waals surface area contributed by atoms with Crippen LogP contribution in [0.2, 0.25) is 0 Å². The van der Waals surface area contributed by atoms with Gasteiger partial charge in [0, 0.05) is 30.1 Å². The van der Waals surface area contributed by atoms with E-state index in [-0.39, 0.29) is 5.82 Å². The fraction of sp³-hybridized carbons (Fsp3) is 0.588. The highest BCUT2D eigenvalue weighted by Crippen LogP contribution is 2.44. The minimum atomic E-state index is -0.181. The quantitative estimate of drug-likeness (QED) is 0.915. The Morgan fingerprint density at radius 3 is 2.57 bits per heavy atom. The smallest absolute Gasteiger partial charge is 0.125 e. The molecule has 0 radical (unpaired) electrons. The zero-order valence-corrected chi connectivity index (χ0v) is 12.1. The Morgan fingerprint density at radius 1 is 1.10 bits per heavy atom. The topological polar surface area (TPSA) is 29.9 Å². The van der Waals surface area contributed by atoms with E-state index in [0.717, 1.165) is 11.0 Å². The van der Waals surface area contributed by atoms with Crippen molar-refractivity contribution in [3.05, 3.63) is 29.8 Å². The lowest BCUT2D eigenvalue weighted by molar-refractivity contribution is 0.298. The molecule has 1 saturated carbocycles. The van der Waals surface area contributed by atoms with E-state index < -0.39 is 0 Å². The average molecular weight is 285 g/mol. The first-order chi connectivity index (χ1) is 10.3. The van der Waals surface area contributed by atoms with Crippen molar-refractivity contribution in [3.8, 4) is 0 Å². The molecule has 1 aliphatic carbocycles. The summed E-state index contributed by atoms with van der Waals surface area (Å²) in [6.07, 6.45) is 7.48. The van der Waals surface area contributed by atoms with Gasteiger partial charge in [0.2, 0.25) is 0 Å². The first-order valence-corrected chi connectivity index (χ1v) is 8.21. The summed E-state index contributed by atoms with van der Waals surface area (Å²) in [7, 11) is 0. The summed E-state index contributed by atoms with van der Waals surface area (Å²) in [5, 5.41) is 3.71. The molecule has 110 valence electrons. The molecule has 3 aliphatic rings. The van der Waals surface area contributed by atoms with Crippen LogP contribution < -0.4 is 5.32 Å². The average Bonchev–Trinajstić information content (AvgIpc) is 3.18. The summed E-state index contributed by atoms with van der Waals surface area (Å²) in [5.74, 6) is 1.63. The summed E-state index contributed by atoms with van der Waals surface area (Å²) in [5.41, 5.74) is 1.97. The van der Waals surface area contributed by atoms with Crippen molar-refractivity contribution in [2.24, 2.45) is 0 Å². The fourth-order valence-corrected chi connectivity index (χ4v) is 4.34. The second kappa shape index (κ2) is 4.29. The maximum absolute atomic E-state index is 13.5. The van der Waals surface area contributed by atoms with Gasteiger partial charge < -0.3 is 9.88 Å². The second-order valence-corrected chi connectivity index (χ2v) is 7.01. The van der Waals surface area contributed by atoms with Crippen LogP contribution in [0.5, 0.6) is 0 Å². The van der Waals surface area contributed by atoms with Crippen molar-refractivity contribution < 1.29 is 4.39 Å². The Kier molecular flexibility index (Phi) is 2.48.